The number of hydrogen-bond acceptors (Lipinski definition) is 4. The number of carbonyl (C=O) groups excluding carboxylic acids is 1. The Morgan fingerprint density at radius 1 is 1.50 bits per heavy atom. The maximum atomic E-state index is 10.7. The lowest BCUT2D eigenvalue weighted by molar-refractivity contribution is -0.120. The summed E-state index contributed by atoms with van der Waals surface area (Å²) in [4.78, 5) is 15.8. The van der Waals surface area contributed by atoms with Crippen LogP contribution in [0.4, 0.5) is 0 Å². The molecule has 0 bridgehead atoms. The van der Waals surface area contributed by atoms with Crippen molar-refractivity contribution in [1.82, 2.24) is 10.9 Å². The summed E-state index contributed by atoms with van der Waals surface area (Å²) in [6.45, 7) is 0.209. The minimum Gasteiger partial charge on any atom is -0.281 e. The van der Waals surface area contributed by atoms with Gasteiger partial charge in [-0.2, -0.15) is 0 Å². The zero-order valence-corrected chi connectivity index (χ0v) is 7.02. The van der Waals surface area contributed by atoms with Crippen molar-refractivity contribution < 1.29 is 4.79 Å². The van der Waals surface area contributed by atoms with E-state index in [-0.39, 0.29) is 12.5 Å². The number of amidine groups is 1. The quantitative estimate of drug-likeness (QED) is 0.647. The lowest BCUT2D eigenvalue weighted by Crippen LogP contribution is -2.47. The Kier molecular flexibility index (Phi) is 1.79. The Morgan fingerprint density at radius 2 is 2.42 bits per heavy atom. The molecule has 1 amide bonds. The first kappa shape index (κ1) is 7.30. The van der Waals surface area contributed by atoms with E-state index in [9.17, 15) is 4.79 Å². The molecule has 0 saturated carbocycles. The monoisotopic (exact) mass is 181 g/mol. The summed E-state index contributed by atoms with van der Waals surface area (Å²) in [6.07, 6.45) is 0. The number of thiophene rings is 1. The number of hydrogen-bond donors (Lipinski definition) is 2. The molecule has 1 aromatic heterocycles. The molecule has 0 atom stereocenters. The van der Waals surface area contributed by atoms with E-state index in [1.807, 2.05) is 17.5 Å². The van der Waals surface area contributed by atoms with Gasteiger partial charge in [0, 0.05) is 0 Å². The molecular formula is C7H7N3OS. The van der Waals surface area contributed by atoms with Gasteiger partial charge in [0.05, 0.1) is 4.88 Å². The Morgan fingerprint density at radius 3 is 3.00 bits per heavy atom. The molecule has 0 spiro atoms. The van der Waals surface area contributed by atoms with Crippen molar-refractivity contribution in [2.45, 2.75) is 0 Å². The molecule has 1 aliphatic rings. The highest BCUT2D eigenvalue weighted by Crippen LogP contribution is 2.09. The van der Waals surface area contributed by atoms with Crippen LogP contribution < -0.4 is 10.9 Å². The highest BCUT2D eigenvalue weighted by atomic mass is 32.1. The van der Waals surface area contributed by atoms with Gasteiger partial charge in [0.2, 0.25) is 0 Å². The van der Waals surface area contributed by atoms with Gasteiger partial charge in [-0.25, -0.2) is 0 Å². The number of aliphatic imine (C=N–C) groups is 1. The van der Waals surface area contributed by atoms with Gasteiger partial charge in [-0.15, -0.1) is 11.3 Å². The maximum Gasteiger partial charge on any atom is 0.260 e. The average molecular weight is 181 g/mol. The van der Waals surface area contributed by atoms with Crippen molar-refractivity contribution in [3.63, 3.8) is 0 Å². The van der Waals surface area contributed by atoms with Crippen molar-refractivity contribution in [1.29, 1.82) is 0 Å². The number of nitrogens with zero attached hydrogens (tertiary/aromatic N) is 1. The molecular weight excluding hydrogens is 174 g/mol. The fraction of sp³-hybridized carbons (Fsp3) is 0.143. The van der Waals surface area contributed by atoms with Crippen LogP contribution in [-0.4, -0.2) is 18.3 Å². The van der Waals surface area contributed by atoms with E-state index in [4.69, 9.17) is 0 Å². The van der Waals surface area contributed by atoms with E-state index >= 15 is 0 Å². The van der Waals surface area contributed by atoms with Gasteiger partial charge in [-0.3, -0.25) is 20.6 Å². The summed E-state index contributed by atoms with van der Waals surface area (Å²) in [5.41, 5.74) is 5.24. The lowest BCUT2D eigenvalue weighted by Gasteiger charge is -2.13. The molecule has 2 N–H and O–H groups in total. The predicted molar refractivity (Wildman–Crippen MR) is 47.0 cm³/mol. The Hall–Kier alpha value is -1.36. The minimum absolute atomic E-state index is 0.102. The summed E-state index contributed by atoms with van der Waals surface area (Å²) in [5, 5.41) is 1.97. The van der Waals surface area contributed by atoms with E-state index < -0.39 is 0 Å². The van der Waals surface area contributed by atoms with E-state index in [1.165, 1.54) is 0 Å². The number of nitrogens with one attached hydrogen (secondary N) is 2. The fourth-order valence-electron chi connectivity index (χ4n) is 0.912. The minimum atomic E-state index is -0.102. The first-order valence-corrected chi connectivity index (χ1v) is 4.37. The molecule has 5 heteroatoms. The number of amides is 1. The summed E-state index contributed by atoms with van der Waals surface area (Å²) in [7, 11) is 0. The highest BCUT2D eigenvalue weighted by Gasteiger charge is 2.11. The molecule has 2 rings (SSSR count). The van der Waals surface area contributed by atoms with Gasteiger partial charge < -0.3 is 0 Å². The second-order valence-corrected chi connectivity index (χ2v) is 3.26. The van der Waals surface area contributed by atoms with E-state index in [2.05, 4.69) is 15.8 Å². The molecule has 0 aromatic carbocycles. The van der Waals surface area contributed by atoms with Crippen LogP contribution in [0.1, 0.15) is 4.88 Å². The molecule has 0 saturated heterocycles. The molecule has 0 fully saturated rings. The zero-order chi connectivity index (χ0) is 8.39. The van der Waals surface area contributed by atoms with Gasteiger partial charge >= 0.3 is 0 Å². The Bertz CT molecular complexity index is 317. The smallest absolute Gasteiger partial charge is 0.260 e. The number of carbonyl (C=O) groups is 1. The normalized spacial score (nSPS) is 16.3. The summed E-state index contributed by atoms with van der Waals surface area (Å²) >= 11 is 1.59. The maximum absolute atomic E-state index is 10.7. The summed E-state index contributed by atoms with van der Waals surface area (Å²) in [6, 6.07) is 3.90. The van der Waals surface area contributed by atoms with Crippen molar-refractivity contribution in [3.05, 3.63) is 22.4 Å². The molecule has 12 heavy (non-hydrogen) atoms. The fourth-order valence-corrected chi connectivity index (χ4v) is 1.60. The van der Waals surface area contributed by atoms with Gasteiger partial charge in [0.15, 0.2) is 5.84 Å². The van der Waals surface area contributed by atoms with Gasteiger partial charge in [-0.1, -0.05) is 6.07 Å². The number of rotatable bonds is 1. The van der Waals surface area contributed by atoms with Crippen LogP contribution in [0, 0.1) is 0 Å². The molecule has 0 radical (unpaired) electrons. The topological polar surface area (TPSA) is 53.5 Å². The van der Waals surface area contributed by atoms with Gasteiger partial charge in [0.25, 0.3) is 5.91 Å². The zero-order valence-electron chi connectivity index (χ0n) is 6.20. The van der Waals surface area contributed by atoms with Crippen LogP contribution >= 0.6 is 11.3 Å². The average Bonchev–Trinajstić information content (AvgIpc) is 2.58. The third-order valence-corrected chi connectivity index (χ3v) is 2.33. The first-order chi connectivity index (χ1) is 5.86. The van der Waals surface area contributed by atoms with Crippen LogP contribution in [0.3, 0.4) is 0 Å². The van der Waals surface area contributed by atoms with Crippen molar-refractivity contribution in [2.24, 2.45) is 4.99 Å². The van der Waals surface area contributed by atoms with Crippen LogP contribution in [0.5, 0.6) is 0 Å². The van der Waals surface area contributed by atoms with Crippen LogP contribution in [0.25, 0.3) is 0 Å². The van der Waals surface area contributed by atoms with Crippen LogP contribution in [0.2, 0.25) is 0 Å². The van der Waals surface area contributed by atoms with Crippen LogP contribution in [-0.2, 0) is 4.79 Å². The number of hydrazine groups is 1. The van der Waals surface area contributed by atoms with Crippen molar-refractivity contribution in [2.75, 3.05) is 6.54 Å². The second kappa shape index (κ2) is 2.94. The second-order valence-electron chi connectivity index (χ2n) is 2.32. The van der Waals surface area contributed by atoms with Crippen molar-refractivity contribution >= 4 is 23.1 Å². The third kappa shape index (κ3) is 1.31. The van der Waals surface area contributed by atoms with Gasteiger partial charge in [0.1, 0.15) is 6.54 Å². The summed E-state index contributed by atoms with van der Waals surface area (Å²) in [5.74, 6) is 0.639. The molecule has 1 aliphatic heterocycles. The third-order valence-electron chi connectivity index (χ3n) is 1.46. The SMILES string of the molecule is O=C1CN=C(c2cccs2)NN1. The van der Waals surface area contributed by atoms with E-state index in [1.54, 1.807) is 11.3 Å². The highest BCUT2D eigenvalue weighted by molar-refractivity contribution is 7.12. The lowest BCUT2D eigenvalue weighted by atomic mass is 10.4. The van der Waals surface area contributed by atoms with Crippen molar-refractivity contribution in [3.8, 4) is 0 Å². The van der Waals surface area contributed by atoms with Gasteiger partial charge in [-0.05, 0) is 11.4 Å². The molecule has 2 heterocycles. The largest absolute Gasteiger partial charge is 0.281 e. The standard InChI is InChI=1S/C7H7N3OS/c11-6-4-8-7(10-9-6)5-2-1-3-12-5/h1-3H,4H2,(H,8,10)(H,9,11). The first-order valence-electron chi connectivity index (χ1n) is 3.49. The molecule has 62 valence electrons. The molecule has 4 nitrogen and oxygen atoms in total. The summed E-state index contributed by atoms with van der Waals surface area (Å²) < 4.78 is 0. The van der Waals surface area contributed by atoms with Crippen LogP contribution in [0.15, 0.2) is 22.5 Å². The van der Waals surface area contributed by atoms with E-state index in [0.717, 1.165) is 10.7 Å². The molecule has 1 aromatic rings. The molecule has 0 aliphatic carbocycles. The Balaban J connectivity index is 2.21. The Labute approximate surface area is 73.3 Å². The van der Waals surface area contributed by atoms with E-state index in [0.29, 0.717) is 0 Å². The predicted octanol–water partition coefficient (Wildman–Crippen LogP) is 0.129. The molecule has 0 unspecified atom stereocenters.